The first-order valence-corrected chi connectivity index (χ1v) is 32.3. The number of non-ortho nitro benzene ring substituents is 1. The van der Waals surface area contributed by atoms with E-state index in [1.54, 1.807) is 0 Å². The van der Waals surface area contributed by atoms with Gasteiger partial charge in [0, 0.05) is 12.1 Å². The van der Waals surface area contributed by atoms with Crippen molar-refractivity contribution in [3.05, 3.63) is 34.4 Å². The molecule has 94 heavy (non-hydrogen) atoms. The van der Waals surface area contributed by atoms with Crippen LogP contribution in [-0.2, 0) is 128 Å². The maximum atomic E-state index is 11.7. The van der Waals surface area contributed by atoms with Crippen molar-refractivity contribution in [2.24, 2.45) is 0 Å². The molecule has 0 fully saturated rings. The van der Waals surface area contributed by atoms with Gasteiger partial charge in [0.15, 0.2) is 0 Å². The van der Waals surface area contributed by atoms with Crippen LogP contribution in [0.5, 0.6) is 5.75 Å². The fourth-order valence-electron chi connectivity index (χ4n) is 6.65. The van der Waals surface area contributed by atoms with Gasteiger partial charge in [-0.2, -0.15) is 0 Å². The lowest BCUT2D eigenvalue weighted by Crippen LogP contribution is -2.24. The zero-order valence-corrected chi connectivity index (χ0v) is 56.3. The molecule has 0 N–H and O–H groups in total. The molecule has 0 saturated heterocycles. The minimum Gasteiger partial charge on any atom is -0.460 e. The molecule has 1 rings (SSSR count). The van der Waals surface area contributed by atoms with Crippen molar-refractivity contribution in [2.45, 2.75) is 32.8 Å². The Morgan fingerprint density at radius 2 is 0.457 bits per heavy atom. The summed E-state index contributed by atoms with van der Waals surface area (Å²) in [7, 11) is 0. The number of benzene rings is 1. The van der Waals surface area contributed by atoms with Gasteiger partial charge in [0.05, 0.1) is 328 Å². The molecule has 0 amide bonds. The third kappa shape index (κ3) is 71.2. The molecule has 0 aromatic heterocycles. The van der Waals surface area contributed by atoms with Crippen LogP contribution in [0.15, 0.2) is 24.3 Å². The second-order valence-corrected chi connectivity index (χ2v) is 20.0. The standard InChI is InChI=1S/C62H113NO31/c1-62(2,3)94-60(64)8-9-68-10-11-69-12-13-70-14-15-71-16-17-72-18-19-73-20-21-74-22-23-75-24-25-76-26-27-77-28-29-78-30-31-79-32-33-80-34-35-81-36-37-82-38-39-83-40-41-84-42-43-85-44-45-86-46-47-87-48-49-88-50-51-89-52-53-90-54-55-91-56-57-92-61(65)93-59-6-4-58(5-7-59)63(66)67/h4-7H,8-57H2,1-3H3. The summed E-state index contributed by atoms with van der Waals surface area (Å²) < 4.78 is 147. The zero-order chi connectivity index (χ0) is 67.7. The number of nitro benzene ring substituents is 1. The molecule has 552 valence electrons. The Morgan fingerprint density at radius 1 is 0.287 bits per heavy atom. The maximum absolute atomic E-state index is 11.7. The van der Waals surface area contributed by atoms with E-state index in [1.807, 2.05) is 20.8 Å². The minimum absolute atomic E-state index is 0.0189. The van der Waals surface area contributed by atoms with Gasteiger partial charge >= 0.3 is 12.1 Å². The first kappa shape index (κ1) is 88.4. The van der Waals surface area contributed by atoms with Gasteiger partial charge in [-0.3, -0.25) is 14.9 Å². The quantitative estimate of drug-likeness (QED) is 0.0297. The Morgan fingerprint density at radius 3 is 0.628 bits per heavy atom. The number of nitrogens with zero attached hydrogens (tertiary/aromatic N) is 1. The fraction of sp³-hybridized carbons (Fsp3) is 0.871. The molecule has 0 atom stereocenters. The van der Waals surface area contributed by atoms with E-state index in [1.165, 1.54) is 24.3 Å². The summed E-state index contributed by atoms with van der Waals surface area (Å²) >= 11 is 0. The van der Waals surface area contributed by atoms with E-state index in [2.05, 4.69) is 0 Å². The molecule has 0 radical (unpaired) electrons. The van der Waals surface area contributed by atoms with Crippen LogP contribution >= 0.6 is 0 Å². The summed E-state index contributed by atoms with van der Waals surface area (Å²) in [5.41, 5.74) is -0.599. The predicted octanol–water partition coefficient (Wildman–Crippen LogP) is 3.24. The molecule has 0 spiro atoms. The molecule has 32 heteroatoms. The molecule has 0 aliphatic carbocycles. The number of ether oxygens (including phenoxy) is 27. The highest BCUT2D eigenvalue weighted by atomic mass is 16.7. The highest BCUT2D eigenvalue weighted by molar-refractivity contribution is 5.69. The van der Waals surface area contributed by atoms with Crippen molar-refractivity contribution in [1.29, 1.82) is 0 Å². The average molecular weight is 1370 g/mol. The SMILES string of the molecule is CC(C)(C)OC(=O)CCOCCOCCOCCOCCOCCOCCOCCOCCOCCOCCOCCOCCOCCOCCOCCOCCOCCOCCOCCOCCOCCOCCOCCOCCOC(=O)Oc1ccc([N+](=O)[O-])cc1. The average Bonchev–Trinajstić information content (AvgIpc) is 3.16. The highest BCUT2D eigenvalue weighted by Gasteiger charge is 2.16. The van der Waals surface area contributed by atoms with E-state index in [0.29, 0.717) is 311 Å². The molecular weight excluding hydrogens is 1250 g/mol. The van der Waals surface area contributed by atoms with Crippen LogP contribution in [0.3, 0.4) is 0 Å². The summed E-state index contributed by atoms with van der Waals surface area (Å²) in [5.74, 6) is -0.140. The summed E-state index contributed by atoms with van der Waals surface area (Å²) in [6, 6.07) is 5.06. The third-order valence-corrected chi connectivity index (χ3v) is 11.1. The van der Waals surface area contributed by atoms with Gasteiger partial charge in [-0.15, -0.1) is 0 Å². The van der Waals surface area contributed by atoms with Gasteiger partial charge in [-0.25, -0.2) is 4.79 Å². The van der Waals surface area contributed by atoms with E-state index in [-0.39, 0.29) is 37.0 Å². The molecule has 1 aromatic carbocycles. The van der Waals surface area contributed by atoms with Crippen molar-refractivity contribution in [3.63, 3.8) is 0 Å². The fourth-order valence-corrected chi connectivity index (χ4v) is 6.65. The molecule has 0 saturated carbocycles. The number of hydrogen-bond donors (Lipinski definition) is 0. The number of hydrogen-bond acceptors (Lipinski definition) is 31. The summed E-state index contributed by atoms with van der Waals surface area (Å²) in [4.78, 5) is 33.4. The third-order valence-electron chi connectivity index (χ3n) is 11.1. The second kappa shape index (κ2) is 72.2. The van der Waals surface area contributed by atoms with Crippen LogP contribution in [0, 0.1) is 10.1 Å². The lowest BCUT2D eigenvalue weighted by atomic mass is 10.2. The molecular formula is C62H113NO31. The van der Waals surface area contributed by atoms with Crippen molar-refractivity contribution in [3.8, 4) is 5.75 Å². The normalized spacial score (nSPS) is 11.7. The topological polar surface area (TPSA) is 326 Å². The lowest BCUT2D eigenvalue weighted by Gasteiger charge is -2.19. The molecule has 1 aromatic rings. The Labute approximate surface area is 555 Å². The first-order chi connectivity index (χ1) is 46.2. The van der Waals surface area contributed by atoms with Gasteiger partial charge < -0.3 is 128 Å². The summed E-state index contributed by atoms with van der Waals surface area (Å²) in [6.45, 7) is 26.9. The van der Waals surface area contributed by atoms with E-state index < -0.39 is 16.7 Å². The minimum atomic E-state index is -0.935. The molecule has 32 nitrogen and oxygen atoms in total. The molecule has 0 unspecified atom stereocenters. The first-order valence-electron chi connectivity index (χ1n) is 32.3. The summed E-state index contributed by atoms with van der Waals surface area (Å²) in [6.07, 6.45) is -0.714. The Hall–Kier alpha value is -3.60. The van der Waals surface area contributed by atoms with Gasteiger partial charge in [0.25, 0.3) is 5.69 Å². The van der Waals surface area contributed by atoms with E-state index in [9.17, 15) is 19.7 Å². The van der Waals surface area contributed by atoms with E-state index in [4.69, 9.17) is 128 Å². The van der Waals surface area contributed by atoms with Crippen LogP contribution in [-0.4, -0.2) is 346 Å². The molecule has 0 aliphatic rings. The largest absolute Gasteiger partial charge is 0.513 e. The Balaban J connectivity index is 1.60. The van der Waals surface area contributed by atoms with Crippen LogP contribution in [0.2, 0.25) is 0 Å². The van der Waals surface area contributed by atoms with Gasteiger partial charge in [-0.05, 0) is 32.9 Å². The number of nitro groups is 1. The van der Waals surface area contributed by atoms with Crippen LogP contribution in [0.1, 0.15) is 27.2 Å². The molecule has 0 heterocycles. The predicted molar refractivity (Wildman–Crippen MR) is 335 cm³/mol. The number of carbonyl (C=O) groups is 2. The lowest BCUT2D eigenvalue weighted by molar-refractivity contribution is -0.384. The maximum Gasteiger partial charge on any atom is 0.513 e. The van der Waals surface area contributed by atoms with Crippen molar-refractivity contribution >= 4 is 17.8 Å². The summed E-state index contributed by atoms with van der Waals surface area (Å²) in [5, 5.41) is 10.7. The molecule has 0 aliphatic heterocycles. The van der Waals surface area contributed by atoms with Gasteiger partial charge in [0.2, 0.25) is 0 Å². The van der Waals surface area contributed by atoms with Crippen molar-refractivity contribution in [2.75, 3.05) is 324 Å². The van der Waals surface area contributed by atoms with Crippen molar-refractivity contribution in [1.82, 2.24) is 0 Å². The second-order valence-electron chi connectivity index (χ2n) is 20.0. The van der Waals surface area contributed by atoms with Crippen LogP contribution in [0.4, 0.5) is 10.5 Å². The van der Waals surface area contributed by atoms with Crippen LogP contribution in [0.25, 0.3) is 0 Å². The smallest absolute Gasteiger partial charge is 0.460 e. The van der Waals surface area contributed by atoms with E-state index in [0.717, 1.165) is 0 Å². The van der Waals surface area contributed by atoms with E-state index >= 15 is 0 Å². The van der Waals surface area contributed by atoms with Crippen LogP contribution < -0.4 is 4.74 Å². The monoisotopic (exact) mass is 1370 g/mol. The van der Waals surface area contributed by atoms with Crippen molar-refractivity contribution < 1.29 is 142 Å². The number of esters is 1. The number of rotatable bonds is 77. The highest BCUT2D eigenvalue weighted by Crippen LogP contribution is 2.17. The molecule has 0 bridgehead atoms. The van der Waals surface area contributed by atoms with Gasteiger partial charge in [0.1, 0.15) is 18.0 Å². The number of carbonyl (C=O) groups excluding carboxylic acids is 2. The Kier molecular flexibility index (Phi) is 67.9. The Bertz CT molecular complexity index is 1740. The zero-order valence-electron chi connectivity index (χ0n) is 56.3. The van der Waals surface area contributed by atoms with Gasteiger partial charge in [-0.1, -0.05) is 0 Å².